The van der Waals surface area contributed by atoms with Crippen LogP contribution in [0.3, 0.4) is 0 Å². The fourth-order valence-electron chi connectivity index (χ4n) is 6.92. The Morgan fingerprint density at radius 1 is 0.328 bits per heavy atom. The summed E-state index contributed by atoms with van der Waals surface area (Å²) in [6.07, 6.45) is 68.4. The van der Waals surface area contributed by atoms with E-state index in [4.69, 9.17) is 14.2 Å². The van der Waals surface area contributed by atoms with Gasteiger partial charge in [-0.15, -0.1) is 0 Å². The van der Waals surface area contributed by atoms with Crippen molar-refractivity contribution < 1.29 is 28.6 Å². The normalized spacial score (nSPS) is 12.9. The lowest BCUT2D eigenvalue weighted by Gasteiger charge is -2.18. The van der Waals surface area contributed by atoms with Crippen molar-refractivity contribution in [1.82, 2.24) is 0 Å². The molecule has 0 aromatic heterocycles. The number of unbranched alkanes of at least 4 members (excludes halogenated alkanes) is 19. The van der Waals surface area contributed by atoms with Crippen molar-refractivity contribution in [3.8, 4) is 0 Å². The first kappa shape index (κ1) is 60.3. The van der Waals surface area contributed by atoms with E-state index in [1.807, 2.05) is 0 Å². The molecule has 64 heavy (non-hydrogen) atoms. The predicted octanol–water partition coefficient (Wildman–Crippen LogP) is 17.4. The highest BCUT2D eigenvalue weighted by atomic mass is 16.6. The largest absolute Gasteiger partial charge is 0.462 e. The Morgan fingerprint density at radius 2 is 0.625 bits per heavy atom. The molecule has 0 N–H and O–H groups in total. The third kappa shape index (κ3) is 49.3. The second-order valence-corrected chi connectivity index (χ2v) is 17.0. The van der Waals surface area contributed by atoms with Crippen LogP contribution in [0.5, 0.6) is 0 Å². The molecule has 0 fully saturated rings. The minimum absolute atomic E-state index is 0.109. The molecule has 0 amide bonds. The first-order chi connectivity index (χ1) is 31.5. The number of esters is 3. The van der Waals surface area contributed by atoms with Gasteiger partial charge in [0.1, 0.15) is 13.2 Å². The number of carbonyl (C=O) groups is 3. The van der Waals surface area contributed by atoms with Gasteiger partial charge in [0.05, 0.1) is 0 Å². The molecule has 0 spiro atoms. The van der Waals surface area contributed by atoms with E-state index in [1.54, 1.807) is 0 Å². The molecule has 6 nitrogen and oxygen atoms in total. The Hall–Kier alpha value is -3.67. The zero-order valence-corrected chi connectivity index (χ0v) is 41.5. The Bertz CT molecular complexity index is 1300. The second-order valence-electron chi connectivity index (χ2n) is 17.0. The van der Waals surface area contributed by atoms with E-state index in [0.29, 0.717) is 19.3 Å². The van der Waals surface area contributed by atoms with Gasteiger partial charge in [-0.1, -0.05) is 201 Å². The average molecular weight is 889 g/mol. The van der Waals surface area contributed by atoms with E-state index in [1.165, 1.54) is 89.9 Å². The van der Waals surface area contributed by atoms with Gasteiger partial charge in [0.25, 0.3) is 0 Å². The van der Waals surface area contributed by atoms with E-state index in [-0.39, 0.29) is 44.0 Å². The summed E-state index contributed by atoms with van der Waals surface area (Å²) in [6, 6.07) is 0. The zero-order chi connectivity index (χ0) is 46.5. The van der Waals surface area contributed by atoms with E-state index in [9.17, 15) is 14.4 Å². The Balaban J connectivity index is 4.44. The van der Waals surface area contributed by atoms with E-state index in [0.717, 1.165) is 89.9 Å². The molecule has 0 aliphatic rings. The smallest absolute Gasteiger partial charge is 0.306 e. The van der Waals surface area contributed by atoms with Crippen LogP contribution >= 0.6 is 0 Å². The van der Waals surface area contributed by atoms with E-state index < -0.39 is 6.10 Å². The SMILES string of the molecule is CC/C=C\C/C=C\C/C=C\C/C=C\CCCCCC(=O)OC(COC(=O)CCC/C=C\C/C=C\C/C=C\CC)COC(=O)CCCCCCCCC/C=C\CCCCCCCCCC. The molecule has 1 unspecified atom stereocenters. The Labute approximate surface area is 394 Å². The minimum atomic E-state index is -0.816. The first-order valence-electron chi connectivity index (χ1n) is 26.2. The van der Waals surface area contributed by atoms with Gasteiger partial charge in [0, 0.05) is 19.3 Å². The van der Waals surface area contributed by atoms with Crippen LogP contribution in [0.15, 0.2) is 97.2 Å². The van der Waals surface area contributed by atoms with Crippen LogP contribution in [0.1, 0.15) is 233 Å². The number of carbonyl (C=O) groups excluding carboxylic acids is 3. The highest BCUT2D eigenvalue weighted by Gasteiger charge is 2.19. The molecule has 0 saturated heterocycles. The number of allylic oxidation sites excluding steroid dienone is 16. The minimum Gasteiger partial charge on any atom is -0.462 e. The van der Waals surface area contributed by atoms with Gasteiger partial charge >= 0.3 is 17.9 Å². The summed E-state index contributed by atoms with van der Waals surface area (Å²) in [5.74, 6) is -1.01. The zero-order valence-electron chi connectivity index (χ0n) is 41.5. The summed E-state index contributed by atoms with van der Waals surface area (Å²) in [7, 11) is 0. The maximum Gasteiger partial charge on any atom is 0.306 e. The Kier molecular flexibility index (Phi) is 49.0. The summed E-state index contributed by atoms with van der Waals surface area (Å²) in [6.45, 7) is 6.32. The molecule has 0 aliphatic heterocycles. The molecule has 0 aromatic rings. The van der Waals surface area contributed by atoms with Crippen LogP contribution in [0.25, 0.3) is 0 Å². The van der Waals surface area contributed by atoms with Gasteiger partial charge in [-0.25, -0.2) is 0 Å². The van der Waals surface area contributed by atoms with Crippen LogP contribution in [0, 0.1) is 0 Å². The lowest BCUT2D eigenvalue weighted by atomic mass is 10.1. The van der Waals surface area contributed by atoms with Crippen LogP contribution in [-0.4, -0.2) is 37.2 Å². The standard InChI is InChI=1S/C58H96O6/c1-4-7-10-13-16-19-22-24-26-28-29-30-32-33-36-39-42-45-48-51-57(60)63-54-55(53-62-56(59)50-47-44-41-38-35-21-18-15-12-9-6-3)64-58(61)52-49-46-43-40-37-34-31-27-25-23-20-17-14-11-8-5-2/h8-9,11-12,17-18,20-21,25,27-29,34,37-38,41,55H,4-7,10,13-16,19,22-24,26,30-33,35-36,39-40,42-54H2,1-3H3/b11-8-,12-9-,20-17-,21-18-,27-25-,29-28-,37-34-,41-38-. The molecule has 0 aliphatic carbocycles. The average Bonchev–Trinajstić information content (AvgIpc) is 3.29. The van der Waals surface area contributed by atoms with E-state index in [2.05, 4.69) is 118 Å². The molecule has 0 heterocycles. The molecule has 1 atom stereocenters. The van der Waals surface area contributed by atoms with Crippen LogP contribution < -0.4 is 0 Å². The van der Waals surface area contributed by atoms with E-state index >= 15 is 0 Å². The molecule has 0 saturated carbocycles. The summed E-state index contributed by atoms with van der Waals surface area (Å²) < 4.78 is 16.7. The molecule has 364 valence electrons. The molecule has 6 heteroatoms. The van der Waals surface area contributed by atoms with Crippen molar-refractivity contribution in [3.05, 3.63) is 97.2 Å². The fourth-order valence-corrected chi connectivity index (χ4v) is 6.92. The highest BCUT2D eigenvalue weighted by Crippen LogP contribution is 2.14. The lowest BCUT2D eigenvalue weighted by Crippen LogP contribution is -2.30. The summed E-state index contributed by atoms with van der Waals surface area (Å²) in [5.41, 5.74) is 0. The maximum absolute atomic E-state index is 12.8. The van der Waals surface area contributed by atoms with Crippen molar-refractivity contribution in [2.24, 2.45) is 0 Å². The molecule has 0 radical (unpaired) electrons. The third-order valence-corrected chi connectivity index (χ3v) is 10.8. The molecular formula is C58H96O6. The first-order valence-corrected chi connectivity index (χ1v) is 26.2. The quantitative estimate of drug-likeness (QED) is 0.0262. The molecule has 0 aromatic carbocycles. The van der Waals surface area contributed by atoms with Crippen LogP contribution in [-0.2, 0) is 28.6 Å². The van der Waals surface area contributed by atoms with Crippen molar-refractivity contribution in [1.29, 1.82) is 0 Å². The maximum atomic E-state index is 12.8. The van der Waals surface area contributed by atoms with Gasteiger partial charge in [-0.3, -0.25) is 14.4 Å². The van der Waals surface area contributed by atoms with Gasteiger partial charge < -0.3 is 14.2 Å². The van der Waals surface area contributed by atoms with Gasteiger partial charge in [-0.2, -0.15) is 0 Å². The number of hydrogen-bond acceptors (Lipinski definition) is 6. The van der Waals surface area contributed by atoms with Crippen LogP contribution in [0.4, 0.5) is 0 Å². The van der Waals surface area contributed by atoms with Crippen molar-refractivity contribution in [2.75, 3.05) is 13.2 Å². The van der Waals surface area contributed by atoms with Crippen molar-refractivity contribution >= 4 is 17.9 Å². The summed E-state index contributed by atoms with van der Waals surface area (Å²) >= 11 is 0. The third-order valence-electron chi connectivity index (χ3n) is 10.8. The monoisotopic (exact) mass is 889 g/mol. The molecule has 0 rings (SSSR count). The van der Waals surface area contributed by atoms with Crippen molar-refractivity contribution in [2.45, 2.75) is 239 Å². The number of ether oxygens (including phenoxy) is 3. The number of rotatable bonds is 46. The molecular weight excluding hydrogens is 793 g/mol. The second kappa shape index (κ2) is 52.0. The lowest BCUT2D eigenvalue weighted by molar-refractivity contribution is -0.167. The molecule has 0 bridgehead atoms. The van der Waals surface area contributed by atoms with Gasteiger partial charge in [0.2, 0.25) is 0 Å². The topological polar surface area (TPSA) is 78.9 Å². The van der Waals surface area contributed by atoms with Crippen LogP contribution in [0.2, 0.25) is 0 Å². The predicted molar refractivity (Wildman–Crippen MR) is 274 cm³/mol. The summed E-state index contributed by atoms with van der Waals surface area (Å²) in [4.78, 5) is 37.9. The Morgan fingerprint density at radius 3 is 1.05 bits per heavy atom. The fraction of sp³-hybridized carbons (Fsp3) is 0.672. The number of hydrogen-bond donors (Lipinski definition) is 0. The highest BCUT2D eigenvalue weighted by molar-refractivity contribution is 5.71. The van der Waals surface area contributed by atoms with Gasteiger partial charge in [0.15, 0.2) is 6.10 Å². The summed E-state index contributed by atoms with van der Waals surface area (Å²) in [5, 5.41) is 0. The van der Waals surface area contributed by atoms with Gasteiger partial charge in [-0.05, 0) is 109 Å². The van der Waals surface area contributed by atoms with Crippen molar-refractivity contribution in [3.63, 3.8) is 0 Å².